The zero-order chi connectivity index (χ0) is 14.1. The van der Waals surface area contributed by atoms with Gasteiger partial charge in [-0.15, -0.1) is 0 Å². The summed E-state index contributed by atoms with van der Waals surface area (Å²) in [5.41, 5.74) is 1.06. The van der Waals surface area contributed by atoms with Gasteiger partial charge in [0.1, 0.15) is 5.75 Å². The van der Waals surface area contributed by atoms with Crippen LogP contribution in [0.4, 0.5) is 0 Å². The Labute approximate surface area is 116 Å². The van der Waals surface area contributed by atoms with Crippen LogP contribution in [0.1, 0.15) is 31.9 Å². The van der Waals surface area contributed by atoms with E-state index in [-0.39, 0.29) is 12.3 Å². The molecule has 0 radical (unpaired) electrons. The van der Waals surface area contributed by atoms with Gasteiger partial charge in [0.25, 0.3) is 0 Å². The molecule has 4 nitrogen and oxygen atoms in total. The maximum atomic E-state index is 5.69. The first-order valence-electron chi connectivity index (χ1n) is 6.79. The SMILES string of the molecule is CCCNC(c1ccccc1OCC)C(OC)OC. The molecule has 1 unspecified atom stereocenters. The third kappa shape index (κ3) is 4.49. The Hall–Kier alpha value is -1.10. The summed E-state index contributed by atoms with van der Waals surface area (Å²) in [6.45, 7) is 5.65. The van der Waals surface area contributed by atoms with Gasteiger partial charge in [0.15, 0.2) is 6.29 Å². The van der Waals surface area contributed by atoms with E-state index in [1.807, 2.05) is 31.2 Å². The van der Waals surface area contributed by atoms with E-state index in [1.54, 1.807) is 14.2 Å². The highest BCUT2D eigenvalue weighted by Crippen LogP contribution is 2.28. The lowest BCUT2D eigenvalue weighted by Crippen LogP contribution is -2.35. The predicted molar refractivity (Wildman–Crippen MR) is 76.5 cm³/mol. The van der Waals surface area contributed by atoms with E-state index in [2.05, 4.69) is 12.2 Å². The Morgan fingerprint density at radius 2 is 1.79 bits per heavy atom. The molecule has 0 bridgehead atoms. The second-order valence-electron chi connectivity index (χ2n) is 4.24. The lowest BCUT2D eigenvalue weighted by atomic mass is 10.0. The molecule has 0 aromatic heterocycles. The highest BCUT2D eigenvalue weighted by atomic mass is 16.7. The van der Waals surface area contributed by atoms with Crippen molar-refractivity contribution in [3.8, 4) is 5.75 Å². The van der Waals surface area contributed by atoms with Crippen molar-refractivity contribution in [1.29, 1.82) is 0 Å². The van der Waals surface area contributed by atoms with Gasteiger partial charge in [0, 0.05) is 19.8 Å². The first-order chi connectivity index (χ1) is 9.28. The minimum absolute atomic E-state index is 0.0438. The second kappa shape index (κ2) is 8.91. The Bertz CT molecular complexity index is 353. The van der Waals surface area contributed by atoms with Crippen molar-refractivity contribution >= 4 is 0 Å². The van der Waals surface area contributed by atoms with Gasteiger partial charge in [-0.3, -0.25) is 0 Å². The molecular weight excluding hydrogens is 242 g/mol. The van der Waals surface area contributed by atoms with Crippen molar-refractivity contribution in [3.05, 3.63) is 29.8 Å². The zero-order valence-electron chi connectivity index (χ0n) is 12.3. The fourth-order valence-corrected chi connectivity index (χ4v) is 2.05. The van der Waals surface area contributed by atoms with Gasteiger partial charge in [0.05, 0.1) is 12.6 Å². The molecule has 0 heterocycles. The molecule has 1 aromatic carbocycles. The average molecular weight is 267 g/mol. The first-order valence-corrected chi connectivity index (χ1v) is 6.79. The van der Waals surface area contributed by atoms with Crippen LogP contribution < -0.4 is 10.1 Å². The van der Waals surface area contributed by atoms with Gasteiger partial charge >= 0.3 is 0 Å². The molecule has 0 fully saturated rings. The third-order valence-corrected chi connectivity index (χ3v) is 2.90. The number of nitrogens with one attached hydrogen (secondary N) is 1. The standard InChI is InChI=1S/C15H25NO3/c1-5-11-16-14(15(17-3)18-4)12-9-7-8-10-13(12)19-6-2/h7-10,14-16H,5-6,11H2,1-4H3. The van der Waals surface area contributed by atoms with Crippen molar-refractivity contribution in [2.45, 2.75) is 32.6 Å². The quantitative estimate of drug-likeness (QED) is 0.698. The smallest absolute Gasteiger partial charge is 0.176 e. The molecule has 0 aliphatic heterocycles. The van der Waals surface area contributed by atoms with Crippen molar-refractivity contribution in [2.24, 2.45) is 0 Å². The fraction of sp³-hybridized carbons (Fsp3) is 0.600. The van der Waals surface area contributed by atoms with Crippen LogP contribution in [0.15, 0.2) is 24.3 Å². The van der Waals surface area contributed by atoms with E-state index in [9.17, 15) is 0 Å². The van der Waals surface area contributed by atoms with Gasteiger partial charge in [-0.2, -0.15) is 0 Å². The number of ether oxygens (including phenoxy) is 3. The van der Waals surface area contributed by atoms with E-state index in [4.69, 9.17) is 14.2 Å². The monoisotopic (exact) mass is 267 g/mol. The molecule has 1 N–H and O–H groups in total. The fourth-order valence-electron chi connectivity index (χ4n) is 2.05. The zero-order valence-corrected chi connectivity index (χ0v) is 12.3. The van der Waals surface area contributed by atoms with Crippen LogP contribution >= 0.6 is 0 Å². The molecule has 1 rings (SSSR count). The normalized spacial score (nSPS) is 12.7. The van der Waals surface area contributed by atoms with E-state index in [1.165, 1.54) is 0 Å². The van der Waals surface area contributed by atoms with Crippen LogP contribution in [0.25, 0.3) is 0 Å². The van der Waals surface area contributed by atoms with Crippen LogP contribution in [0.3, 0.4) is 0 Å². The van der Waals surface area contributed by atoms with Gasteiger partial charge < -0.3 is 19.5 Å². The summed E-state index contributed by atoms with van der Waals surface area (Å²) in [7, 11) is 3.30. The number of benzene rings is 1. The number of hydrogen-bond donors (Lipinski definition) is 1. The molecule has 4 heteroatoms. The van der Waals surface area contributed by atoms with Crippen LogP contribution in [0.2, 0.25) is 0 Å². The largest absolute Gasteiger partial charge is 0.494 e. The van der Waals surface area contributed by atoms with E-state index in [0.717, 1.165) is 24.3 Å². The maximum absolute atomic E-state index is 5.69. The van der Waals surface area contributed by atoms with E-state index >= 15 is 0 Å². The molecule has 108 valence electrons. The summed E-state index contributed by atoms with van der Waals surface area (Å²) in [5.74, 6) is 0.873. The van der Waals surface area contributed by atoms with Crippen LogP contribution in [-0.4, -0.2) is 33.7 Å². The summed E-state index contributed by atoms with van der Waals surface area (Å²) in [6, 6.07) is 7.95. The first kappa shape index (κ1) is 16.0. The minimum Gasteiger partial charge on any atom is -0.494 e. The maximum Gasteiger partial charge on any atom is 0.176 e. The van der Waals surface area contributed by atoms with Gasteiger partial charge in [-0.05, 0) is 26.0 Å². The molecule has 19 heavy (non-hydrogen) atoms. The summed E-state index contributed by atoms with van der Waals surface area (Å²) in [4.78, 5) is 0. The number of rotatable bonds is 9. The molecule has 0 spiro atoms. The van der Waals surface area contributed by atoms with Crippen molar-refractivity contribution < 1.29 is 14.2 Å². The van der Waals surface area contributed by atoms with Crippen LogP contribution in [0, 0.1) is 0 Å². The van der Waals surface area contributed by atoms with Crippen molar-refractivity contribution in [3.63, 3.8) is 0 Å². The lowest BCUT2D eigenvalue weighted by Gasteiger charge is -2.27. The van der Waals surface area contributed by atoms with E-state index in [0.29, 0.717) is 6.61 Å². The Morgan fingerprint density at radius 1 is 1.11 bits per heavy atom. The lowest BCUT2D eigenvalue weighted by molar-refractivity contribution is -0.124. The second-order valence-corrected chi connectivity index (χ2v) is 4.24. The third-order valence-electron chi connectivity index (χ3n) is 2.90. The number of methoxy groups -OCH3 is 2. The number of para-hydroxylation sites is 1. The van der Waals surface area contributed by atoms with Gasteiger partial charge in [0.2, 0.25) is 0 Å². The molecule has 0 amide bonds. The number of hydrogen-bond acceptors (Lipinski definition) is 4. The molecule has 0 aliphatic rings. The minimum atomic E-state index is -0.340. The van der Waals surface area contributed by atoms with Crippen LogP contribution in [-0.2, 0) is 9.47 Å². The summed E-state index contributed by atoms with van der Waals surface area (Å²) in [5, 5.41) is 3.46. The van der Waals surface area contributed by atoms with E-state index < -0.39 is 0 Å². The molecule has 0 saturated carbocycles. The van der Waals surface area contributed by atoms with Gasteiger partial charge in [-0.25, -0.2) is 0 Å². The highest BCUT2D eigenvalue weighted by Gasteiger charge is 2.25. The molecule has 0 saturated heterocycles. The van der Waals surface area contributed by atoms with Crippen molar-refractivity contribution in [1.82, 2.24) is 5.32 Å². The summed E-state index contributed by atoms with van der Waals surface area (Å²) < 4.78 is 16.5. The Kier molecular flexibility index (Phi) is 7.48. The average Bonchev–Trinajstić information content (AvgIpc) is 2.45. The van der Waals surface area contributed by atoms with Crippen molar-refractivity contribution in [2.75, 3.05) is 27.4 Å². The molecular formula is C15H25NO3. The summed E-state index contributed by atoms with van der Waals surface area (Å²) in [6.07, 6.45) is 0.709. The summed E-state index contributed by atoms with van der Waals surface area (Å²) >= 11 is 0. The molecule has 1 atom stereocenters. The Morgan fingerprint density at radius 3 is 2.37 bits per heavy atom. The Balaban J connectivity index is 3.01. The predicted octanol–water partition coefficient (Wildman–Crippen LogP) is 2.74. The topological polar surface area (TPSA) is 39.7 Å². The van der Waals surface area contributed by atoms with Crippen LogP contribution in [0.5, 0.6) is 5.75 Å². The highest BCUT2D eigenvalue weighted by molar-refractivity contribution is 5.36. The molecule has 0 aliphatic carbocycles. The van der Waals surface area contributed by atoms with Gasteiger partial charge in [-0.1, -0.05) is 25.1 Å². The molecule has 1 aromatic rings.